The topological polar surface area (TPSA) is 87.3 Å². The van der Waals surface area contributed by atoms with Gasteiger partial charge in [0.25, 0.3) is 5.56 Å². The number of methoxy groups -OCH3 is 1. The summed E-state index contributed by atoms with van der Waals surface area (Å²) in [5.74, 6) is 0.0251. The van der Waals surface area contributed by atoms with Gasteiger partial charge >= 0.3 is 0 Å². The molecule has 3 aromatic rings. The number of nitrogens with zero attached hydrogens (tertiary/aromatic N) is 2. The molecule has 0 saturated carbocycles. The van der Waals surface area contributed by atoms with Gasteiger partial charge in [0.2, 0.25) is 5.91 Å². The summed E-state index contributed by atoms with van der Waals surface area (Å²) in [6, 6.07) is 11.3. The molecule has 2 heterocycles. The number of aromatic amines is 1. The van der Waals surface area contributed by atoms with E-state index in [0.29, 0.717) is 46.7 Å². The molecule has 2 aromatic carbocycles. The lowest BCUT2D eigenvalue weighted by atomic mass is 10.1. The van der Waals surface area contributed by atoms with Crippen LogP contribution in [-0.2, 0) is 24.3 Å². The number of carbonyl (C=O) groups is 1. The first-order valence-electron chi connectivity index (χ1n) is 10.3. The van der Waals surface area contributed by atoms with Gasteiger partial charge in [0.15, 0.2) is 5.16 Å². The van der Waals surface area contributed by atoms with Gasteiger partial charge in [0.1, 0.15) is 11.6 Å². The van der Waals surface area contributed by atoms with Gasteiger partial charge in [-0.1, -0.05) is 35.5 Å². The highest BCUT2D eigenvalue weighted by atomic mass is 35.5. The summed E-state index contributed by atoms with van der Waals surface area (Å²) in [5, 5.41) is 3.64. The third kappa shape index (κ3) is 5.93. The molecule has 0 atom stereocenters. The Hall–Kier alpha value is -2.88. The number of amides is 1. The van der Waals surface area contributed by atoms with Crippen molar-refractivity contribution in [1.82, 2.24) is 14.9 Å². The number of thioether (sulfide) groups is 1. The molecule has 1 aliphatic heterocycles. The number of ether oxygens (including phenoxy) is 1. The van der Waals surface area contributed by atoms with Crippen LogP contribution in [0.1, 0.15) is 16.8 Å². The molecule has 1 aromatic heterocycles. The Morgan fingerprint density at radius 1 is 1.30 bits per heavy atom. The smallest absolute Gasteiger partial charge is 0.256 e. The monoisotopic (exact) mass is 488 g/mol. The number of benzene rings is 2. The second-order valence-electron chi connectivity index (χ2n) is 7.56. The summed E-state index contributed by atoms with van der Waals surface area (Å²) in [5.41, 5.74) is 2.63. The largest absolute Gasteiger partial charge is 0.495 e. The van der Waals surface area contributed by atoms with E-state index < -0.39 is 0 Å². The highest BCUT2D eigenvalue weighted by Gasteiger charge is 2.22. The standard InChI is InChI=1S/C23H22ClFN4O3S/c1-32-20-7-4-15(24)10-19(20)26-21(30)13-33-23-27-18-8-9-29(12-17(18)22(31)28-23)11-14-2-5-16(25)6-3-14/h2-7,10H,8-9,11-13H2,1H3,(H,26,30)(H,27,28,31). The fourth-order valence-electron chi connectivity index (χ4n) is 3.61. The average Bonchev–Trinajstić information content (AvgIpc) is 2.80. The van der Waals surface area contributed by atoms with Crippen LogP contribution in [0.3, 0.4) is 0 Å². The molecular weight excluding hydrogens is 467 g/mol. The van der Waals surface area contributed by atoms with Crippen molar-refractivity contribution in [2.45, 2.75) is 24.7 Å². The van der Waals surface area contributed by atoms with E-state index in [1.807, 2.05) is 0 Å². The molecule has 0 spiro atoms. The minimum Gasteiger partial charge on any atom is -0.495 e. The number of fused-ring (bicyclic) bond motifs is 1. The second-order valence-corrected chi connectivity index (χ2v) is 8.97. The number of H-pyrrole nitrogens is 1. The summed E-state index contributed by atoms with van der Waals surface area (Å²) in [6.07, 6.45) is 0.625. The molecule has 172 valence electrons. The van der Waals surface area contributed by atoms with Crippen LogP contribution < -0.4 is 15.6 Å². The highest BCUT2D eigenvalue weighted by Crippen LogP contribution is 2.28. The number of halogens is 2. The van der Waals surface area contributed by atoms with Crippen LogP contribution >= 0.6 is 23.4 Å². The quantitative estimate of drug-likeness (QED) is 0.388. The Balaban J connectivity index is 1.38. The molecule has 0 radical (unpaired) electrons. The SMILES string of the molecule is COc1ccc(Cl)cc1NC(=O)CSc1nc2c(c(=O)[nH]1)CN(Cc1ccc(F)cc1)CC2. The molecule has 10 heteroatoms. The molecule has 33 heavy (non-hydrogen) atoms. The Morgan fingerprint density at radius 2 is 2.09 bits per heavy atom. The number of anilines is 1. The van der Waals surface area contributed by atoms with Crippen LogP contribution in [0.15, 0.2) is 52.4 Å². The van der Waals surface area contributed by atoms with E-state index in [1.165, 1.54) is 19.2 Å². The number of nitrogens with one attached hydrogen (secondary N) is 2. The number of rotatable bonds is 7. The maximum atomic E-state index is 13.1. The van der Waals surface area contributed by atoms with E-state index in [2.05, 4.69) is 20.2 Å². The van der Waals surface area contributed by atoms with Gasteiger partial charge in [-0.05, 0) is 35.9 Å². The molecule has 1 aliphatic rings. The van der Waals surface area contributed by atoms with Crippen molar-refractivity contribution in [1.29, 1.82) is 0 Å². The second kappa shape index (κ2) is 10.4. The van der Waals surface area contributed by atoms with E-state index >= 15 is 0 Å². The first kappa shape index (κ1) is 23.3. The first-order valence-corrected chi connectivity index (χ1v) is 11.6. The van der Waals surface area contributed by atoms with Crippen LogP contribution in [-0.4, -0.2) is 40.2 Å². The molecule has 0 fully saturated rings. The lowest BCUT2D eigenvalue weighted by Crippen LogP contribution is -2.35. The van der Waals surface area contributed by atoms with Crippen LogP contribution in [0.25, 0.3) is 0 Å². The number of carbonyl (C=O) groups excluding carboxylic acids is 1. The summed E-state index contributed by atoms with van der Waals surface area (Å²) in [6.45, 7) is 1.83. The molecule has 1 amide bonds. The maximum absolute atomic E-state index is 13.1. The van der Waals surface area contributed by atoms with Gasteiger partial charge in [-0.15, -0.1) is 0 Å². The number of hydrogen-bond acceptors (Lipinski definition) is 6. The van der Waals surface area contributed by atoms with E-state index in [4.69, 9.17) is 16.3 Å². The molecule has 0 saturated heterocycles. The Morgan fingerprint density at radius 3 is 2.85 bits per heavy atom. The average molecular weight is 489 g/mol. The normalized spacial score (nSPS) is 13.4. The molecule has 0 unspecified atom stereocenters. The zero-order valence-corrected chi connectivity index (χ0v) is 19.4. The van der Waals surface area contributed by atoms with E-state index in [0.717, 1.165) is 29.6 Å². The minimum absolute atomic E-state index is 0.0636. The van der Waals surface area contributed by atoms with Crippen molar-refractivity contribution in [3.8, 4) is 5.75 Å². The third-order valence-electron chi connectivity index (χ3n) is 5.22. The van der Waals surface area contributed by atoms with Crippen LogP contribution in [0.2, 0.25) is 5.02 Å². The van der Waals surface area contributed by atoms with Gasteiger partial charge < -0.3 is 15.0 Å². The van der Waals surface area contributed by atoms with Crippen molar-refractivity contribution in [3.05, 3.63) is 80.5 Å². The van der Waals surface area contributed by atoms with Crippen molar-refractivity contribution in [2.75, 3.05) is 24.7 Å². The Labute approximate surface area is 199 Å². The zero-order valence-electron chi connectivity index (χ0n) is 17.9. The summed E-state index contributed by atoms with van der Waals surface area (Å²) >= 11 is 7.15. The highest BCUT2D eigenvalue weighted by molar-refractivity contribution is 7.99. The van der Waals surface area contributed by atoms with Gasteiger partial charge in [-0.25, -0.2) is 9.37 Å². The van der Waals surface area contributed by atoms with Crippen LogP contribution in [0.4, 0.5) is 10.1 Å². The fourth-order valence-corrected chi connectivity index (χ4v) is 4.46. The zero-order chi connectivity index (χ0) is 23.4. The Kier molecular flexibility index (Phi) is 7.32. The van der Waals surface area contributed by atoms with E-state index in [-0.39, 0.29) is 23.0 Å². The Bertz CT molecular complexity index is 1220. The van der Waals surface area contributed by atoms with Crippen molar-refractivity contribution in [3.63, 3.8) is 0 Å². The fraction of sp³-hybridized carbons (Fsp3) is 0.261. The first-order chi connectivity index (χ1) is 15.9. The molecule has 4 rings (SSSR count). The predicted molar refractivity (Wildman–Crippen MR) is 126 cm³/mol. The van der Waals surface area contributed by atoms with Gasteiger partial charge in [-0.2, -0.15) is 0 Å². The van der Waals surface area contributed by atoms with Crippen molar-refractivity contribution >= 4 is 35.0 Å². The van der Waals surface area contributed by atoms with E-state index in [9.17, 15) is 14.0 Å². The third-order valence-corrected chi connectivity index (χ3v) is 6.33. The summed E-state index contributed by atoms with van der Waals surface area (Å²) < 4.78 is 18.4. The summed E-state index contributed by atoms with van der Waals surface area (Å²) in [4.78, 5) is 34.5. The van der Waals surface area contributed by atoms with Crippen molar-refractivity contribution < 1.29 is 13.9 Å². The number of hydrogen-bond donors (Lipinski definition) is 2. The molecule has 0 aliphatic carbocycles. The lowest BCUT2D eigenvalue weighted by Gasteiger charge is -2.27. The lowest BCUT2D eigenvalue weighted by molar-refractivity contribution is -0.113. The van der Waals surface area contributed by atoms with Crippen LogP contribution in [0, 0.1) is 5.82 Å². The minimum atomic E-state index is -0.272. The molecule has 7 nitrogen and oxygen atoms in total. The predicted octanol–water partition coefficient (Wildman–Crippen LogP) is 3.86. The van der Waals surface area contributed by atoms with Gasteiger partial charge in [0, 0.05) is 31.1 Å². The van der Waals surface area contributed by atoms with Gasteiger partial charge in [-0.3, -0.25) is 14.5 Å². The van der Waals surface area contributed by atoms with Crippen molar-refractivity contribution in [2.24, 2.45) is 0 Å². The van der Waals surface area contributed by atoms with Crippen LogP contribution in [0.5, 0.6) is 5.75 Å². The maximum Gasteiger partial charge on any atom is 0.256 e. The van der Waals surface area contributed by atoms with E-state index in [1.54, 1.807) is 30.3 Å². The summed E-state index contributed by atoms with van der Waals surface area (Å²) in [7, 11) is 1.51. The molecule has 2 N–H and O–H groups in total. The molecular formula is C23H22ClFN4O3S. The van der Waals surface area contributed by atoms with Gasteiger partial charge in [0.05, 0.1) is 29.8 Å². The number of aromatic nitrogens is 2. The molecule has 0 bridgehead atoms.